The molecule has 0 saturated heterocycles. The molecule has 1 aromatic heterocycles. The fourth-order valence-corrected chi connectivity index (χ4v) is 1.90. The third kappa shape index (κ3) is 5.74. The van der Waals surface area contributed by atoms with Crippen LogP contribution in [-0.4, -0.2) is 35.1 Å². The number of aromatic nitrogens is 2. The molecule has 3 nitrogen and oxygen atoms in total. The van der Waals surface area contributed by atoms with Gasteiger partial charge in [0.25, 0.3) is 0 Å². The zero-order chi connectivity index (χ0) is 15.5. The summed E-state index contributed by atoms with van der Waals surface area (Å²) >= 11 is 0. The molecule has 0 spiro atoms. The Hall–Kier alpha value is -1.35. The number of hydrogen-bond donors (Lipinski definition) is 0. The van der Waals surface area contributed by atoms with Crippen LogP contribution >= 0.6 is 0 Å². The van der Waals surface area contributed by atoms with Crippen LogP contribution in [0.3, 0.4) is 0 Å². The number of imidazole rings is 1. The molecular weight excluding hydrogens is 246 g/mol. The summed E-state index contributed by atoms with van der Waals surface area (Å²) in [4.78, 5) is 6.62. The molecule has 20 heavy (non-hydrogen) atoms. The number of nitrogens with zero attached hydrogens (tertiary/aromatic N) is 3. The molecule has 0 aliphatic heterocycles. The summed E-state index contributed by atoms with van der Waals surface area (Å²) < 4.78 is 2.24. The normalized spacial score (nSPS) is 9.80. The van der Waals surface area contributed by atoms with Crippen molar-refractivity contribution in [2.75, 3.05) is 20.6 Å². The van der Waals surface area contributed by atoms with E-state index in [1.807, 2.05) is 34.0 Å². The number of rotatable bonds is 4. The number of benzene rings is 1. The van der Waals surface area contributed by atoms with Crippen LogP contribution < -0.4 is 0 Å². The van der Waals surface area contributed by atoms with Crippen molar-refractivity contribution in [3.05, 3.63) is 30.1 Å². The first-order valence-electron chi connectivity index (χ1n) is 7.73. The molecule has 0 saturated carbocycles. The van der Waals surface area contributed by atoms with Crippen LogP contribution in [0.2, 0.25) is 0 Å². The average molecular weight is 277 g/mol. The van der Waals surface area contributed by atoms with Crippen molar-refractivity contribution in [1.82, 2.24) is 14.5 Å². The topological polar surface area (TPSA) is 21.1 Å². The van der Waals surface area contributed by atoms with Crippen LogP contribution in [0.4, 0.5) is 0 Å². The molecule has 2 rings (SSSR count). The molecule has 0 fully saturated rings. The molecule has 2 aromatic rings. The third-order valence-corrected chi connectivity index (χ3v) is 2.78. The molecule has 0 aliphatic carbocycles. The van der Waals surface area contributed by atoms with Crippen molar-refractivity contribution in [2.24, 2.45) is 0 Å². The van der Waals surface area contributed by atoms with E-state index in [-0.39, 0.29) is 0 Å². The fourth-order valence-electron chi connectivity index (χ4n) is 1.90. The van der Waals surface area contributed by atoms with E-state index in [0.717, 1.165) is 25.0 Å². The average Bonchev–Trinajstić information content (AvgIpc) is 2.85. The zero-order valence-corrected chi connectivity index (χ0v) is 14.3. The third-order valence-electron chi connectivity index (χ3n) is 2.78. The van der Waals surface area contributed by atoms with Gasteiger partial charge in [-0.1, -0.05) is 33.8 Å². The maximum absolute atomic E-state index is 4.41. The fraction of sp³-hybridized carbons (Fsp3) is 0.588. The largest absolute Gasteiger partial charge is 0.331 e. The Labute approximate surface area is 124 Å². The summed E-state index contributed by atoms with van der Waals surface area (Å²) in [5, 5.41) is 0. The minimum absolute atomic E-state index is 1.04. The summed E-state index contributed by atoms with van der Waals surface area (Å²) in [6.45, 7) is 12.3. The van der Waals surface area contributed by atoms with Gasteiger partial charge >= 0.3 is 0 Å². The smallest absolute Gasteiger partial charge is 0.0958 e. The van der Waals surface area contributed by atoms with Crippen molar-refractivity contribution in [3.63, 3.8) is 0 Å². The Bertz CT molecular complexity index is 472. The molecule has 1 heterocycles. The second-order valence-corrected chi connectivity index (χ2v) is 4.59. The maximum atomic E-state index is 4.41. The maximum Gasteiger partial charge on any atom is 0.0958 e. The Kier molecular flexibility index (Phi) is 9.73. The highest BCUT2D eigenvalue weighted by Crippen LogP contribution is 2.14. The Morgan fingerprint density at radius 2 is 1.75 bits per heavy atom. The molecule has 0 radical (unpaired) electrons. The van der Waals surface area contributed by atoms with E-state index < -0.39 is 0 Å². The molecule has 0 atom stereocenters. The predicted molar refractivity (Wildman–Crippen MR) is 90.3 cm³/mol. The lowest BCUT2D eigenvalue weighted by Gasteiger charge is -2.10. The van der Waals surface area contributed by atoms with Crippen LogP contribution in [0.1, 0.15) is 39.7 Å². The van der Waals surface area contributed by atoms with Gasteiger partial charge in [-0.15, -0.1) is 0 Å². The second-order valence-electron chi connectivity index (χ2n) is 4.59. The molecular formula is C17H31N3. The van der Waals surface area contributed by atoms with E-state index in [2.05, 4.69) is 53.7 Å². The summed E-state index contributed by atoms with van der Waals surface area (Å²) in [7, 11) is 4.21. The van der Waals surface area contributed by atoms with Crippen molar-refractivity contribution in [3.8, 4) is 0 Å². The van der Waals surface area contributed by atoms with Gasteiger partial charge in [0.15, 0.2) is 0 Å². The quantitative estimate of drug-likeness (QED) is 0.828. The SMILES string of the molecule is CC.CC.Cc1ccc2ncn(CCCN(C)C)c2c1. The lowest BCUT2D eigenvalue weighted by molar-refractivity contribution is 0.387. The van der Waals surface area contributed by atoms with Crippen LogP contribution in [0.25, 0.3) is 11.0 Å². The van der Waals surface area contributed by atoms with Gasteiger partial charge in [-0.2, -0.15) is 0 Å². The predicted octanol–water partition coefficient (Wildman–Crippen LogP) is 4.35. The molecule has 0 bridgehead atoms. The first kappa shape index (κ1) is 18.7. The van der Waals surface area contributed by atoms with E-state index in [1.54, 1.807) is 0 Å². The van der Waals surface area contributed by atoms with Gasteiger partial charge in [0.05, 0.1) is 17.4 Å². The van der Waals surface area contributed by atoms with Crippen molar-refractivity contribution in [2.45, 2.75) is 47.6 Å². The van der Waals surface area contributed by atoms with Gasteiger partial charge in [0, 0.05) is 6.54 Å². The molecule has 0 unspecified atom stereocenters. The number of fused-ring (bicyclic) bond motifs is 1. The lowest BCUT2D eigenvalue weighted by atomic mass is 10.2. The molecule has 0 amide bonds. The Morgan fingerprint density at radius 1 is 1.10 bits per heavy atom. The van der Waals surface area contributed by atoms with Crippen molar-refractivity contribution in [1.29, 1.82) is 0 Å². The number of hydrogen-bond acceptors (Lipinski definition) is 2. The molecule has 0 aliphatic rings. The van der Waals surface area contributed by atoms with Gasteiger partial charge in [-0.3, -0.25) is 0 Å². The molecule has 114 valence electrons. The highest BCUT2D eigenvalue weighted by molar-refractivity contribution is 5.75. The van der Waals surface area contributed by atoms with Gasteiger partial charge < -0.3 is 9.47 Å². The van der Waals surface area contributed by atoms with E-state index >= 15 is 0 Å². The van der Waals surface area contributed by atoms with E-state index in [1.165, 1.54) is 11.1 Å². The Morgan fingerprint density at radius 3 is 2.35 bits per heavy atom. The van der Waals surface area contributed by atoms with Crippen LogP contribution in [0.5, 0.6) is 0 Å². The van der Waals surface area contributed by atoms with E-state index in [0.29, 0.717) is 0 Å². The number of aryl methyl sites for hydroxylation is 2. The van der Waals surface area contributed by atoms with Gasteiger partial charge in [-0.25, -0.2) is 4.98 Å². The van der Waals surface area contributed by atoms with E-state index in [9.17, 15) is 0 Å². The highest BCUT2D eigenvalue weighted by Gasteiger charge is 2.02. The van der Waals surface area contributed by atoms with E-state index in [4.69, 9.17) is 0 Å². The first-order valence-corrected chi connectivity index (χ1v) is 7.73. The lowest BCUT2D eigenvalue weighted by Crippen LogP contribution is -2.14. The monoisotopic (exact) mass is 277 g/mol. The molecule has 1 aromatic carbocycles. The second kappa shape index (κ2) is 10.4. The van der Waals surface area contributed by atoms with Crippen LogP contribution in [0, 0.1) is 6.92 Å². The molecule has 0 N–H and O–H groups in total. The zero-order valence-electron chi connectivity index (χ0n) is 14.3. The van der Waals surface area contributed by atoms with Gasteiger partial charge in [0.1, 0.15) is 0 Å². The summed E-state index contributed by atoms with van der Waals surface area (Å²) in [6.07, 6.45) is 3.10. The summed E-state index contributed by atoms with van der Waals surface area (Å²) in [6, 6.07) is 6.41. The standard InChI is InChI=1S/C13H19N3.2C2H6/c1-11-5-6-12-13(9-11)16(10-14-12)8-4-7-15(2)3;2*1-2/h5-6,9-10H,4,7-8H2,1-3H3;2*1-2H3. The Balaban J connectivity index is 0.000000829. The van der Waals surface area contributed by atoms with Crippen LogP contribution in [0.15, 0.2) is 24.5 Å². The minimum Gasteiger partial charge on any atom is -0.331 e. The molecule has 3 heteroatoms. The minimum atomic E-state index is 1.04. The van der Waals surface area contributed by atoms with Gasteiger partial charge in [-0.05, 0) is 51.7 Å². The summed E-state index contributed by atoms with van der Waals surface area (Å²) in [5.74, 6) is 0. The van der Waals surface area contributed by atoms with Crippen LogP contribution in [-0.2, 0) is 6.54 Å². The van der Waals surface area contributed by atoms with Crippen molar-refractivity contribution >= 4 is 11.0 Å². The first-order chi connectivity index (χ1) is 9.66. The summed E-state index contributed by atoms with van der Waals surface area (Å²) in [5.41, 5.74) is 3.64. The van der Waals surface area contributed by atoms with Crippen molar-refractivity contribution < 1.29 is 0 Å². The highest BCUT2D eigenvalue weighted by atomic mass is 15.1. The van der Waals surface area contributed by atoms with Gasteiger partial charge in [0.2, 0.25) is 0 Å².